The third-order valence-corrected chi connectivity index (χ3v) is 2.79. The van der Waals surface area contributed by atoms with Crippen molar-refractivity contribution in [2.75, 3.05) is 26.1 Å². The number of amides is 2. The van der Waals surface area contributed by atoms with Crippen molar-refractivity contribution in [1.29, 1.82) is 0 Å². The highest BCUT2D eigenvalue weighted by molar-refractivity contribution is 5.90. The second-order valence-electron chi connectivity index (χ2n) is 4.63. The second-order valence-corrected chi connectivity index (χ2v) is 4.63. The Balaban J connectivity index is 2.13. The highest BCUT2D eigenvalue weighted by atomic mass is 16.5. The molecule has 0 saturated heterocycles. The van der Waals surface area contributed by atoms with Crippen LogP contribution in [0.1, 0.15) is 6.92 Å². The maximum Gasteiger partial charge on any atom is 0.319 e. The molecular weight excluding hydrogens is 288 g/mol. The maximum absolute atomic E-state index is 11.9. The lowest BCUT2D eigenvalue weighted by molar-refractivity contribution is 0.173. The van der Waals surface area contributed by atoms with E-state index in [-0.39, 0.29) is 12.1 Å². The molecule has 9 heteroatoms. The number of nitrogens with one attached hydrogen (secondary N) is 2. The summed E-state index contributed by atoms with van der Waals surface area (Å²) in [6, 6.07) is 4.76. The van der Waals surface area contributed by atoms with Gasteiger partial charge in [-0.15, -0.1) is 5.10 Å². The molecule has 0 aliphatic heterocycles. The molecule has 1 aromatic carbocycles. The maximum atomic E-state index is 11.9. The lowest BCUT2D eigenvalue weighted by Crippen LogP contribution is -2.38. The van der Waals surface area contributed by atoms with E-state index in [1.54, 1.807) is 32.4 Å². The molecule has 9 nitrogen and oxygen atoms in total. The Kier molecular flexibility index (Phi) is 5.26. The highest BCUT2D eigenvalue weighted by Gasteiger charge is 2.10. The first-order valence-corrected chi connectivity index (χ1v) is 6.61. The van der Waals surface area contributed by atoms with Gasteiger partial charge in [-0.25, -0.2) is 9.48 Å². The number of carbonyl (C=O) groups excluding carboxylic acids is 1. The summed E-state index contributed by atoms with van der Waals surface area (Å²) >= 11 is 0. The van der Waals surface area contributed by atoms with Gasteiger partial charge >= 0.3 is 6.03 Å². The number of benzene rings is 1. The molecule has 118 valence electrons. The third kappa shape index (κ3) is 4.16. The number of tetrazole rings is 1. The fraction of sp³-hybridized carbons (Fsp3) is 0.385. The molecule has 2 amide bonds. The van der Waals surface area contributed by atoms with E-state index in [0.717, 1.165) is 0 Å². The molecule has 0 fully saturated rings. The number of methoxy groups -OCH3 is 2. The highest BCUT2D eigenvalue weighted by Crippen LogP contribution is 2.22. The van der Waals surface area contributed by atoms with Crippen LogP contribution in [0.25, 0.3) is 5.69 Å². The molecule has 2 aromatic rings. The minimum atomic E-state index is -0.333. The summed E-state index contributed by atoms with van der Waals surface area (Å²) in [4.78, 5) is 11.9. The zero-order valence-corrected chi connectivity index (χ0v) is 12.6. The van der Waals surface area contributed by atoms with Gasteiger partial charge in [-0.2, -0.15) is 0 Å². The number of ether oxygens (including phenoxy) is 2. The molecule has 0 aliphatic rings. The van der Waals surface area contributed by atoms with E-state index >= 15 is 0 Å². The smallest absolute Gasteiger partial charge is 0.319 e. The summed E-state index contributed by atoms with van der Waals surface area (Å²) in [5, 5.41) is 16.5. The Hall–Kier alpha value is -2.68. The van der Waals surface area contributed by atoms with Gasteiger partial charge in [0.1, 0.15) is 12.1 Å². The van der Waals surface area contributed by atoms with Gasteiger partial charge < -0.3 is 20.1 Å². The van der Waals surface area contributed by atoms with E-state index in [4.69, 9.17) is 9.47 Å². The van der Waals surface area contributed by atoms with Crippen LogP contribution in [0.5, 0.6) is 5.75 Å². The van der Waals surface area contributed by atoms with Crippen molar-refractivity contribution in [3.8, 4) is 11.4 Å². The van der Waals surface area contributed by atoms with E-state index in [9.17, 15) is 4.79 Å². The lowest BCUT2D eigenvalue weighted by atomic mass is 10.2. The van der Waals surface area contributed by atoms with Crippen molar-refractivity contribution in [3.05, 3.63) is 24.5 Å². The van der Waals surface area contributed by atoms with Crippen LogP contribution in [0.15, 0.2) is 24.5 Å². The third-order valence-electron chi connectivity index (χ3n) is 2.79. The van der Waals surface area contributed by atoms with Gasteiger partial charge in [-0.1, -0.05) is 0 Å². The fourth-order valence-corrected chi connectivity index (χ4v) is 1.87. The van der Waals surface area contributed by atoms with Crippen molar-refractivity contribution in [2.45, 2.75) is 13.0 Å². The Labute approximate surface area is 127 Å². The summed E-state index contributed by atoms with van der Waals surface area (Å²) < 4.78 is 11.7. The molecule has 0 spiro atoms. The van der Waals surface area contributed by atoms with Crippen molar-refractivity contribution in [3.63, 3.8) is 0 Å². The minimum absolute atomic E-state index is 0.102. The summed E-state index contributed by atoms with van der Waals surface area (Å²) in [5.41, 5.74) is 1.23. The average Bonchev–Trinajstić information content (AvgIpc) is 3.01. The van der Waals surface area contributed by atoms with Crippen LogP contribution in [0.4, 0.5) is 10.5 Å². The van der Waals surface area contributed by atoms with Crippen molar-refractivity contribution < 1.29 is 14.3 Å². The largest absolute Gasteiger partial charge is 0.497 e. The van der Waals surface area contributed by atoms with Crippen LogP contribution in [-0.4, -0.2) is 53.1 Å². The minimum Gasteiger partial charge on any atom is -0.497 e. The average molecular weight is 306 g/mol. The molecule has 0 bridgehead atoms. The van der Waals surface area contributed by atoms with E-state index in [1.165, 1.54) is 11.0 Å². The Morgan fingerprint density at radius 3 is 2.82 bits per heavy atom. The quantitative estimate of drug-likeness (QED) is 0.819. The zero-order valence-electron chi connectivity index (χ0n) is 12.6. The normalized spacial score (nSPS) is 11.8. The van der Waals surface area contributed by atoms with E-state index in [0.29, 0.717) is 23.7 Å². The number of urea groups is 1. The van der Waals surface area contributed by atoms with Crippen LogP contribution in [0.3, 0.4) is 0 Å². The summed E-state index contributed by atoms with van der Waals surface area (Å²) in [6.07, 6.45) is 1.46. The van der Waals surface area contributed by atoms with Crippen LogP contribution in [0.2, 0.25) is 0 Å². The lowest BCUT2D eigenvalue weighted by Gasteiger charge is -2.14. The molecule has 1 heterocycles. The predicted molar refractivity (Wildman–Crippen MR) is 79.2 cm³/mol. The number of carbonyl (C=O) groups is 1. The fourth-order valence-electron chi connectivity index (χ4n) is 1.87. The number of hydrogen-bond acceptors (Lipinski definition) is 6. The number of aromatic nitrogens is 4. The van der Waals surface area contributed by atoms with Gasteiger partial charge in [0.05, 0.1) is 25.4 Å². The molecule has 0 radical (unpaired) electrons. The Bertz CT molecular complexity index is 616. The van der Waals surface area contributed by atoms with Gasteiger partial charge in [0.25, 0.3) is 0 Å². The van der Waals surface area contributed by atoms with Gasteiger partial charge in [0.15, 0.2) is 0 Å². The molecule has 0 saturated carbocycles. The van der Waals surface area contributed by atoms with E-state index in [1.807, 2.05) is 6.92 Å². The summed E-state index contributed by atoms with van der Waals surface area (Å²) in [6.45, 7) is 2.28. The first kappa shape index (κ1) is 15.7. The predicted octanol–water partition coefficient (Wildman–Crippen LogP) is 0.827. The first-order chi connectivity index (χ1) is 10.6. The molecule has 2 rings (SSSR count). The van der Waals surface area contributed by atoms with Crippen LogP contribution >= 0.6 is 0 Å². The number of anilines is 1. The molecular formula is C13H18N6O3. The zero-order chi connectivity index (χ0) is 15.9. The standard InChI is InChI=1S/C13H18N6O3/c1-9(7-21-2)15-13(20)16-10-4-11(6-12(5-10)22-3)19-8-14-17-18-19/h4-6,8-9H,7H2,1-3H3,(H2,15,16,20)/t9-/m0/s1. The van der Waals surface area contributed by atoms with E-state index in [2.05, 4.69) is 26.2 Å². The number of rotatable bonds is 6. The number of hydrogen-bond donors (Lipinski definition) is 2. The van der Waals surface area contributed by atoms with Crippen molar-refractivity contribution >= 4 is 11.7 Å². The van der Waals surface area contributed by atoms with Crippen LogP contribution in [0, 0.1) is 0 Å². The second kappa shape index (κ2) is 7.36. The summed E-state index contributed by atoms with van der Waals surface area (Å²) in [7, 11) is 3.12. The Morgan fingerprint density at radius 1 is 1.36 bits per heavy atom. The van der Waals surface area contributed by atoms with Crippen LogP contribution < -0.4 is 15.4 Å². The first-order valence-electron chi connectivity index (χ1n) is 6.61. The van der Waals surface area contributed by atoms with Gasteiger partial charge in [0.2, 0.25) is 0 Å². The molecule has 0 aliphatic carbocycles. The van der Waals surface area contributed by atoms with E-state index < -0.39 is 0 Å². The van der Waals surface area contributed by atoms with Crippen molar-refractivity contribution in [2.24, 2.45) is 0 Å². The number of nitrogens with zero attached hydrogens (tertiary/aromatic N) is 4. The van der Waals surface area contributed by atoms with Gasteiger partial charge in [-0.3, -0.25) is 0 Å². The SMILES string of the molecule is COC[C@H](C)NC(=O)Nc1cc(OC)cc(-n2cnnn2)c1. The summed E-state index contributed by atoms with van der Waals surface area (Å²) in [5.74, 6) is 0.577. The topological polar surface area (TPSA) is 103 Å². The van der Waals surface area contributed by atoms with Crippen LogP contribution in [-0.2, 0) is 4.74 Å². The molecule has 1 atom stereocenters. The molecule has 0 unspecified atom stereocenters. The monoisotopic (exact) mass is 306 g/mol. The Morgan fingerprint density at radius 2 is 2.18 bits per heavy atom. The van der Waals surface area contributed by atoms with Gasteiger partial charge in [0, 0.05) is 24.9 Å². The van der Waals surface area contributed by atoms with Crippen molar-refractivity contribution in [1.82, 2.24) is 25.5 Å². The molecule has 22 heavy (non-hydrogen) atoms. The molecule has 1 aromatic heterocycles. The van der Waals surface area contributed by atoms with Gasteiger partial charge in [-0.05, 0) is 23.4 Å². The molecule has 2 N–H and O–H groups in total.